The van der Waals surface area contributed by atoms with Gasteiger partial charge in [0.1, 0.15) is 30.0 Å². The predicted molar refractivity (Wildman–Crippen MR) is 188 cm³/mol. The number of carbonyl (C=O) groups is 2. The number of carbonyl (C=O) groups excluding carboxylic acids is 2. The summed E-state index contributed by atoms with van der Waals surface area (Å²) in [5, 5.41) is 15.4. The molecule has 0 bridgehead atoms. The van der Waals surface area contributed by atoms with Crippen LogP contribution in [0.25, 0.3) is 11.3 Å². The number of aliphatic hydroxyl groups is 1. The van der Waals surface area contributed by atoms with Crippen molar-refractivity contribution in [3.05, 3.63) is 82.5 Å². The standard InChI is InChI=1S/C37H43F7N6O5/c1-6-36(7-2,49(5)47-20-23-8-11-28(32(39)31(23)38)55-17-14-50-12-15-54-16-13-50)33(52)30(22(3)51)34(53)48-26-10-9-24(35(4,40)41)18-25(26)27-19-29(37(42,43)44)46-21-45-27/h8-11,18-19,21,47,52H,6-7,12-17,20H2,1-5H3,(H,48,53)/b33-30-. The number of nitrogens with zero attached hydrogens (tertiary/aromatic N) is 4. The summed E-state index contributed by atoms with van der Waals surface area (Å²) >= 11 is 0. The highest BCUT2D eigenvalue weighted by Gasteiger charge is 2.41. The Hall–Kier alpha value is -4.65. The van der Waals surface area contributed by atoms with E-state index in [0.717, 1.165) is 25.1 Å². The third-order valence-corrected chi connectivity index (χ3v) is 9.48. The van der Waals surface area contributed by atoms with Crippen molar-refractivity contribution in [2.75, 3.05) is 51.8 Å². The number of rotatable bonds is 16. The van der Waals surface area contributed by atoms with Gasteiger partial charge in [-0.05, 0) is 44.0 Å². The van der Waals surface area contributed by atoms with Gasteiger partial charge in [-0.2, -0.15) is 17.6 Å². The molecule has 0 unspecified atom stereocenters. The molecule has 55 heavy (non-hydrogen) atoms. The van der Waals surface area contributed by atoms with Crippen molar-refractivity contribution >= 4 is 17.4 Å². The normalized spacial score (nSPS) is 14.9. The van der Waals surface area contributed by atoms with Gasteiger partial charge in [-0.25, -0.2) is 33.6 Å². The van der Waals surface area contributed by atoms with Gasteiger partial charge in [-0.15, -0.1) is 0 Å². The largest absolute Gasteiger partial charge is 0.509 e. The van der Waals surface area contributed by atoms with Crippen LogP contribution in [-0.2, 0) is 33.0 Å². The summed E-state index contributed by atoms with van der Waals surface area (Å²) in [4.78, 5) is 35.8. The fourth-order valence-electron chi connectivity index (χ4n) is 6.15. The van der Waals surface area contributed by atoms with E-state index < -0.39 is 69.2 Å². The lowest BCUT2D eigenvalue weighted by Gasteiger charge is -2.41. The van der Waals surface area contributed by atoms with Gasteiger partial charge >= 0.3 is 6.18 Å². The number of aliphatic hydroxyl groups excluding tert-OH is 1. The van der Waals surface area contributed by atoms with Gasteiger partial charge in [-0.3, -0.25) is 14.5 Å². The topological polar surface area (TPSA) is 129 Å². The van der Waals surface area contributed by atoms with Gasteiger partial charge in [0.25, 0.3) is 11.8 Å². The fourth-order valence-corrected chi connectivity index (χ4v) is 6.15. The molecule has 2 aromatic carbocycles. The second kappa shape index (κ2) is 17.9. The average Bonchev–Trinajstić information content (AvgIpc) is 3.13. The van der Waals surface area contributed by atoms with E-state index in [-0.39, 0.29) is 48.6 Å². The molecule has 3 aromatic rings. The molecular weight excluding hydrogens is 741 g/mol. The molecule has 1 amide bonds. The molecule has 0 saturated carbocycles. The number of amides is 1. The van der Waals surface area contributed by atoms with Gasteiger partial charge in [0.2, 0.25) is 5.82 Å². The van der Waals surface area contributed by atoms with Crippen LogP contribution in [0.5, 0.6) is 5.75 Å². The highest BCUT2D eigenvalue weighted by molar-refractivity contribution is 6.23. The molecule has 18 heteroatoms. The SMILES string of the molecule is CCC(CC)(/C(O)=C(\C(C)=O)C(=O)Nc1ccc(C(C)(F)F)cc1-c1cc(C(F)(F)F)ncn1)N(C)NCc1ccc(OCCN2CCOCC2)c(F)c1F. The number of nitrogens with one attached hydrogen (secondary N) is 2. The molecule has 0 spiro atoms. The number of hydrogen-bond donors (Lipinski definition) is 3. The summed E-state index contributed by atoms with van der Waals surface area (Å²) in [6, 6.07) is 5.95. The minimum absolute atomic E-state index is 0.0718. The molecule has 11 nitrogen and oxygen atoms in total. The Labute approximate surface area is 313 Å². The van der Waals surface area contributed by atoms with Gasteiger partial charge < -0.3 is 19.9 Å². The number of anilines is 1. The third kappa shape index (κ3) is 10.2. The zero-order valence-corrected chi connectivity index (χ0v) is 30.9. The van der Waals surface area contributed by atoms with Crippen LogP contribution < -0.4 is 15.5 Å². The fraction of sp³-hybridized carbons (Fsp3) is 0.459. The molecule has 1 aliphatic heterocycles. The van der Waals surface area contributed by atoms with Crippen molar-refractivity contribution in [3.8, 4) is 17.0 Å². The van der Waals surface area contributed by atoms with Crippen LogP contribution >= 0.6 is 0 Å². The van der Waals surface area contributed by atoms with E-state index in [0.29, 0.717) is 52.2 Å². The molecule has 0 aliphatic carbocycles. The number of likely N-dealkylation sites (N-methyl/N-ethyl adjacent to an activating group) is 1. The van der Waals surface area contributed by atoms with E-state index in [1.54, 1.807) is 13.8 Å². The smallest absolute Gasteiger partial charge is 0.433 e. The Balaban J connectivity index is 1.60. The van der Waals surface area contributed by atoms with E-state index in [9.17, 15) is 41.0 Å². The van der Waals surface area contributed by atoms with Crippen molar-refractivity contribution in [2.24, 2.45) is 0 Å². The highest BCUT2D eigenvalue weighted by Crippen LogP contribution is 2.37. The maximum atomic E-state index is 15.2. The molecule has 1 saturated heterocycles. The van der Waals surface area contributed by atoms with E-state index in [1.807, 2.05) is 0 Å². The first-order valence-corrected chi connectivity index (χ1v) is 17.4. The minimum atomic E-state index is -4.91. The summed E-state index contributed by atoms with van der Waals surface area (Å²) < 4.78 is 110. The van der Waals surface area contributed by atoms with Crippen LogP contribution in [0, 0.1) is 11.6 Å². The zero-order valence-electron chi connectivity index (χ0n) is 30.9. The van der Waals surface area contributed by atoms with E-state index >= 15 is 4.39 Å². The number of hydrogen-bond acceptors (Lipinski definition) is 10. The van der Waals surface area contributed by atoms with E-state index in [2.05, 4.69) is 25.6 Å². The van der Waals surface area contributed by atoms with Crippen LogP contribution in [0.3, 0.4) is 0 Å². The molecule has 3 N–H and O–H groups in total. The lowest BCUT2D eigenvalue weighted by atomic mass is 9.86. The summed E-state index contributed by atoms with van der Waals surface area (Å²) in [6.07, 6.45) is -4.18. The van der Waals surface area contributed by atoms with Gasteiger partial charge in [0, 0.05) is 56.8 Å². The first-order chi connectivity index (χ1) is 25.8. The Kier molecular flexibility index (Phi) is 14.0. The first-order valence-electron chi connectivity index (χ1n) is 17.4. The van der Waals surface area contributed by atoms with Crippen molar-refractivity contribution in [1.82, 2.24) is 25.3 Å². The van der Waals surface area contributed by atoms with Crippen molar-refractivity contribution in [2.45, 2.75) is 64.7 Å². The second-order valence-electron chi connectivity index (χ2n) is 13.0. The quantitative estimate of drug-likeness (QED) is 0.0357. The number of halogens is 7. The summed E-state index contributed by atoms with van der Waals surface area (Å²) in [6.45, 7) is 7.77. The number of hydrazine groups is 1. The number of morpholine rings is 1. The Morgan fingerprint density at radius 3 is 2.27 bits per heavy atom. The van der Waals surface area contributed by atoms with Gasteiger partial charge in [-0.1, -0.05) is 26.0 Å². The van der Waals surface area contributed by atoms with Gasteiger partial charge in [0.15, 0.2) is 17.3 Å². The van der Waals surface area contributed by atoms with Crippen LogP contribution in [0.15, 0.2) is 54.1 Å². The minimum Gasteiger partial charge on any atom is -0.509 e. The first kappa shape index (κ1) is 43.1. The number of ketones is 1. The molecular formula is C37H43F7N6O5. The van der Waals surface area contributed by atoms with Gasteiger partial charge in [0.05, 0.1) is 30.1 Å². The molecule has 4 rings (SSSR count). The third-order valence-electron chi connectivity index (χ3n) is 9.48. The second-order valence-corrected chi connectivity index (χ2v) is 13.0. The van der Waals surface area contributed by atoms with Crippen LogP contribution in [0.4, 0.5) is 36.4 Å². The summed E-state index contributed by atoms with van der Waals surface area (Å²) in [7, 11) is 1.46. The molecule has 1 aliphatic rings. The number of aromatic nitrogens is 2. The van der Waals surface area contributed by atoms with Crippen molar-refractivity contribution in [3.63, 3.8) is 0 Å². The van der Waals surface area contributed by atoms with E-state index in [1.165, 1.54) is 24.2 Å². The van der Waals surface area contributed by atoms with E-state index in [4.69, 9.17) is 9.47 Å². The summed E-state index contributed by atoms with van der Waals surface area (Å²) in [5.74, 6) is -8.89. The Morgan fingerprint density at radius 2 is 1.67 bits per heavy atom. The molecule has 0 radical (unpaired) electrons. The number of ether oxygens (including phenoxy) is 2. The molecule has 2 heterocycles. The molecule has 1 aromatic heterocycles. The monoisotopic (exact) mass is 784 g/mol. The van der Waals surface area contributed by atoms with Crippen molar-refractivity contribution in [1.29, 1.82) is 0 Å². The summed E-state index contributed by atoms with van der Waals surface area (Å²) in [5.41, 5.74) is -2.52. The van der Waals surface area contributed by atoms with Crippen LogP contribution in [0.1, 0.15) is 57.4 Å². The predicted octanol–water partition coefficient (Wildman–Crippen LogP) is 6.80. The lowest BCUT2D eigenvalue weighted by molar-refractivity contribution is -0.141. The highest BCUT2D eigenvalue weighted by atomic mass is 19.4. The number of Topliss-reactive ketones (excluding diaryl/α,β-unsaturated/α-hetero) is 1. The number of benzene rings is 2. The molecule has 300 valence electrons. The maximum absolute atomic E-state index is 15.2. The Morgan fingerprint density at radius 1 is 1.00 bits per heavy atom. The van der Waals surface area contributed by atoms with Crippen LogP contribution in [-0.4, -0.2) is 88.7 Å². The molecule has 0 atom stereocenters. The van der Waals surface area contributed by atoms with Crippen LogP contribution in [0.2, 0.25) is 0 Å². The number of alkyl halides is 5. The van der Waals surface area contributed by atoms with Crippen molar-refractivity contribution < 1.29 is 54.9 Å². The Bertz CT molecular complexity index is 1880. The average molecular weight is 785 g/mol. The zero-order chi connectivity index (χ0) is 40.7. The maximum Gasteiger partial charge on any atom is 0.433 e. The molecule has 1 fully saturated rings. The lowest BCUT2D eigenvalue weighted by Crippen LogP contribution is -2.54.